The smallest absolute Gasteiger partial charge is 0.323 e. The van der Waals surface area contributed by atoms with Gasteiger partial charge in [-0.05, 0) is 11.6 Å². The molecule has 1 rings (SSSR count). The summed E-state index contributed by atoms with van der Waals surface area (Å²) in [6, 6.07) is 3.05. The van der Waals surface area contributed by atoms with Crippen molar-refractivity contribution in [2.45, 2.75) is 6.54 Å². The van der Waals surface area contributed by atoms with Crippen molar-refractivity contribution >= 4 is 12.0 Å². The first kappa shape index (κ1) is 11.0. The zero-order valence-electron chi connectivity index (χ0n) is 7.93. The molecule has 0 aliphatic rings. The van der Waals surface area contributed by atoms with Gasteiger partial charge < -0.3 is 15.7 Å². The van der Waals surface area contributed by atoms with Gasteiger partial charge in [0.25, 0.3) is 0 Å². The van der Waals surface area contributed by atoms with Crippen LogP contribution in [0, 0.1) is 0 Å². The molecule has 1 aromatic rings. The second kappa shape index (κ2) is 5.58. The van der Waals surface area contributed by atoms with Crippen LogP contribution in [0.5, 0.6) is 0 Å². The molecule has 15 heavy (non-hydrogen) atoms. The highest BCUT2D eigenvalue weighted by molar-refractivity contribution is 5.79. The third kappa shape index (κ3) is 4.61. The van der Waals surface area contributed by atoms with E-state index in [1.165, 1.54) is 0 Å². The molecule has 6 heteroatoms. The number of nitrogens with one attached hydrogen (secondary N) is 2. The van der Waals surface area contributed by atoms with E-state index in [9.17, 15) is 9.59 Å². The van der Waals surface area contributed by atoms with E-state index in [0.717, 1.165) is 5.56 Å². The molecule has 0 aliphatic carbocycles. The predicted molar refractivity (Wildman–Crippen MR) is 52.1 cm³/mol. The van der Waals surface area contributed by atoms with Crippen LogP contribution in [0.1, 0.15) is 5.56 Å². The van der Waals surface area contributed by atoms with Gasteiger partial charge in [-0.2, -0.15) is 0 Å². The highest BCUT2D eigenvalue weighted by Gasteiger charge is 2.02. The van der Waals surface area contributed by atoms with Gasteiger partial charge in [0.15, 0.2) is 0 Å². The number of urea groups is 1. The first-order chi connectivity index (χ1) is 7.18. The number of hydrogen-bond acceptors (Lipinski definition) is 3. The van der Waals surface area contributed by atoms with Gasteiger partial charge in [-0.15, -0.1) is 0 Å². The SMILES string of the molecule is O=C(O)CNC(=O)NCc1cccnc1. The third-order valence-electron chi connectivity index (χ3n) is 1.58. The van der Waals surface area contributed by atoms with Gasteiger partial charge in [-0.25, -0.2) is 4.79 Å². The summed E-state index contributed by atoms with van der Waals surface area (Å²) in [6.45, 7) is -0.0713. The number of aliphatic carboxylic acids is 1. The van der Waals surface area contributed by atoms with Crippen molar-refractivity contribution in [3.8, 4) is 0 Å². The van der Waals surface area contributed by atoms with Gasteiger partial charge in [-0.1, -0.05) is 6.07 Å². The Hall–Kier alpha value is -2.11. The van der Waals surface area contributed by atoms with Crippen molar-refractivity contribution in [3.63, 3.8) is 0 Å². The fourth-order valence-electron chi connectivity index (χ4n) is 0.903. The number of carboxylic acids is 1. The minimum absolute atomic E-state index is 0.319. The molecule has 0 radical (unpaired) electrons. The largest absolute Gasteiger partial charge is 0.480 e. The number of nitrogens with zero attached hydrogens (tertiary/aromatic N) is 1. The van der Waals surface area contributed by atoms with E-state index in [0.29, 0.717) is 6.54 Å². The number of rotatable bonds is 4. The van der Waals surface area contributed by atoms with E-state index >= 15 is 0 Å². The lowest BCUT2D eigenvalue weighted by molar-refractivity contribution is -0.135. The van der Waals surface area contributed by atoms with Gasteiger partial charge in [0.2, 0.25) is 0 Å². The minimum Gasteiger partial charge on any atom is -0.480 e. The van der Waals surface area contributed by atoms with Crippen molar-refractivity contribution in [1.29, 1.82) is 0 Å². The van der Waals surface area contributed by atoms with E-state index in [2.05, 4.69) is 15.6 Å². The Morgan fingerprint density at radius 1 is 1.40 bits per heavy atom. The van der Waals surface area contributed by atoms with Crippen molar-refractivity contribution in [2.75, 3.05) is 6.54 Å². The van der Waals surface area contributed by atoms with Crippen LogP contribution in [0.3, 0.4) is 0 Å². The van der Waals surface area contributed by atoms with Crippen molar-refractivity contribution in [3.05, 3.63) is 30.1 Å². The lowest BCUT2D eigenvalue weighted by Gasteiger charge is -2.04. The van der Waals surface area contributed by atoms with Crippen LogP contribution in [-0.2, 0) is 11.3 Å². The minimum atomic E-state index is -1.08. The first-order valence-corrected chi connectivity index (χ1v) is 4.31. The van der Waals surface area contributed by atoms with Crippen LogP contribution < -0.4 is 10.6 Å². The highest BCUT2D eigenvalue weighted by atomic mass is 16.4. The molecular weight excluding hydrogens is 198 g/mol. The summed E-state index contributed by atoms with van der Waals surface area (Å²) >= 11 is 0. The van der Waals surface area contributed by atoms with E-state index in [-0.39, 0.29) is 0 Å². The number of carbonyl (C=O) groups excluding carboxylic acids is 1. The van der Waals surface area contributed by atoms with Crippen LogP contribution >= 0.6 is 0 Å². The Bertz CT molecular complexity index is 340. The van der Waals surface area contributed by atoms with Crippen LogP contribution in [-0.4, -0.2) is 28.6 Å². The molecule has 0 unspecified atom stereocenters. The van der Waals surface area contributed by atoms with Gasteiger partial charge >= 0.3 is 12.0 Å². The summed E-state index contributed by atoms with van der Waals surface area (Å²) in [5.41, 5.74) is 0.850. The van der Waals surface area contributed by atoms with E-state index in [4.69, 9.17) is 5.11 Å². The molecule has 2 amide bonds. The monoisotopic (exact) mass is 209 g/mol. The average Bonchev–Trinajstić information content (AvgIpc) is 2.25. The molecule has 0 saturated heterocycles. The van der Waals surface area contributed by atoms with Crippen molar-refractivity contribution < 1.29 is 14.7 Å². The molecule has 0 bridgehead atoms. The highest BCUT2D eigenvalue weighted by Crippen LogP contribution is 1.93. The molecule has 0 saturated carbocycles. The number of pyridine rings is 1. The zero-order chi connectivity index (χ0) is 11.1. The summed E-state index contributed by atoms with van der Waals surface area (Å²) in [6.07, 6.45) is 3.26. The molecule has 1 heterocycles. The average molecular weight is 209 g/mol. The zero-order valence-corrected chi connectivity index (χ0v) is 7.93. The Balaban J connectivity index is 2.26. The maximum absolute atomic E-state index is 11.0. The second-order valence-electron chi connectivity index (χ2n) is 2.79. The summed E-state index contributed by atoms with van der Waals surface area (Å²) in [7, 11) is 0. The summed E-state index contributed by atoms with van der Waals surface area (Å²) in [5, 5.41) is 13.0. The van der Waals surface area contributed by atoms with Crippen LogP contribution in [0.25, 0.3) is 0 Å². The Morgan fingerprint density at radius 2 is 2.20 bits per heavy atom. The Kier molecular flexibility index (Phi) is 4.08. The fourth-order valence-corrected chi connectivity index (χ4v) is 0.903. The molecule has 3 N–H and O–H groups in total. The standard InChI is InChI=1S/C9H11N3O3/c13-8(14)6-12-9(15)11-5-7-2-1-3-10-4-7/h1-4H,5-6H2,(H,13,14)(H2,11,12,15). The number of carboxylic acid groups (broad SMARTS) is 1. The van der Waals surface area contributed by atoms with Crippen molar-refractivity contribution in [2.24, 2.45) is 0 Å². The molecule has 6 nitrogen and oxygen atoms in total. The lowest BCUT2D eigenvalue weighted by atomic mass is 10.3. The topological polar surface area (TPSA) is 91.3 Å². The number of aromatic nitrogens is 1. The first-order valence-electron chi connectivity index (χ1n) is 4.31. The molecule has 80 valence electrons. The number of carbonyl (C=O) groups is 2. The van der Waals surface area contributed by atoms with Gasteiger partial charge in [0.05, 0.1) is 0 Å². The molecule has 0 fully saturated rings. The molecule has 0 atom stereocenters. The van der Waals surface area contributed by atoms with Crippen LogP contribution in [0.4, 0.5) is 4.79 Å². The predicted octanol–water partition coefficient (Wildman–Crippen LogP) is -0.0346. The quantitative estimate of drug-likeness (QED) is 0.649. The Labute approximate surface area is 86.3 Å². The normalized spacial score (nSPS) is 9.33. The van der Waals surface area contributed by atoms with E-state index < -0.39 is 18.5 Å². The third-order valence-corrected chi connectivity index (χ3v) is 1.58. The number of amides is 2. The second-order valence-corrected chi connectivity index (χ2v) is 2.79. The Morgan fingerprint density at radius 3 is 2.80 bits per heavy atom. The lowest BCUT2D eigenvalue weighted by Crippen LogP contribution is -2.37. The summed E-state index contributed by atoms with van der Waals surface area (Å²) in [4.78, 5) is 25.0. The van der Waals surface area contributed by atoms with E-state index in [1.807, 2.05) is 6.07 Å². The molecule has 0 aliphatic heterocycles. The molecule has 0 spiro atoms. The maximum Gasteiger partial charge on any atom is 0.323 e. The summed E-state index contributed by atoms with van der Waals surface area (Å²) < 4.78 is 0. The van der Waals surface area contributed by atoms with Crippen molar-refractivity contribution in [1.82, 2.24) is 15.6 Å². The van der Waals surface area contributed by atoms with Gasteiger partial charge in [-0.3, -0.25) is 9.78 Å². The van der Waals surface area contributed by atoms with Gasteiger partial charge in [0.1, 0.15) is 6.54 Å². The molecular formula is C9H11N3O3. The summed E-state index contributed by atoms with van der Waals surface area (Å²) in [5.74, 6) is -1.08. The van der Waals surface area contributed by atoms with E-state index in [1.54, 1.807) is 18.5 Å². The number of hydrogen-bond donors (Lipinski definition) is 3. The molecule has 1 aromatic heterocycles. The van der Waals surface area contributed by atoms with Gasteiger partial charge in [0, 0.05) is 18.9 Å². The maximum atomic E-state index is 11.0. The molecule has 0 aromatic carbocycles. The van der Waals surface area contributed by atoms with Crippen LogP contribution in [0.2, 0.25) is 0 Å². The fraction of sp³-hybridized carbons (Fsp3) is 0.222. The van der Waals surface area contributed by atoms with Crippen LogP contribution in [0.15, 0.2) is 24.5 Å².